The fourth-order valence-electron chi connectivity index (χ4n) is 1.62. The van der Waals surface area contributed by atoms with Crippen LogP contribution in [-0.2, 0) is 0 Å². The van der Waals surface area contributed by atoms with Crippen molar-refractivity contribution < 1.29 is 4.79 Å². The summed E-state index contributed by atoms with van der Waals surface area (Å²) in [6, 6.07) is 7.01. The molecule has 0 aliphatic carbocycles. The molecular weight excluding hydrogens is 377 g/mol. The third-order valence-corrected chi connectivity index (χ3v) is 3.56. The Morgan fingerprint density at radius 1 is 1.21 bits per heavy atom. The highest BCUT2D eigenvalue weighted by atomic mass is 127. The standard InChI is InChI=1S/C13H11ClIN3O/c1-7-5-8(2)17-13(16-7)18-12(19)10-6-9(14)3-4-11(10)15/h3-6H,1-2H3,(H,16,17,18,19). The number of aromatic nitrogens is 2. The van der Waals surface area contributed by atoms with Crippen LogP contribution in [0.15, 0.2) is 24.3 Å². The number of halogens is 2. The van der Waals surface area contributed by atoms with Gasteiger partial charge in [-0.25, -0.2) is 9.97 Å². The van der Waals surface area contributed by atoms with Crippen LogP contribution in [0.5, 0.6) is 0 Å². The molecule has 4 nitrogen and oxygen atoms in total. The van der Waals surface area contributed by atoms with Crippen molar-refractivity contribution >= 4 is 46.0 Å². The molecule has 0 aliphatic rings. The Morgan fingerprint density at radius 3 is 2.47 bits per heavy atom. The lowest BCUT2D eigenvalue weighted by Gasteiger charge is -2.07. The van der Waals surface area contributed by atoms with Crippen molar-refractivity contribution in [2.45, 2.75) is 13.8 Å². The number of nitrogens with zero attached hydrogens (tertiary/aromatic N) is 2. The van der Waals surface area contributed by atoms with Crippen LogP contribution in [-0.4, -0.2) is 15.9 Å². The van der Waals surface area contributed by atoms with E-state index in [0.29, 0.717) is 16.5 Å². The van der Waals surface area contributed by atoms with Crippen LogP contribution in [0.2, 0.25) is 5.02 Å². The van der Waals surface area contributed by atoms with Gasteiger partial charge in [0.2, 0.25) is 5.95 Å². The van der Waals surface area contributed by atoms with E-state index in [1.807, 2.05) is 19.9 Å². The third-order valence-electron chi connectivity index (χ3n) is 2.38. The van der Waals surface area contributed by atoms with Gasteiger partial charge in [0.15, 0.2) is 0 Å². The maximum absolute atomic E-state index is 12.2. The fourth-order valence-corrected chi connectivity index (χ4v) is 2.37. The Labute approximate surface area is 129 Å². The summed E-state index contributed by atoms with van der Waals surface area (Å²) in [5.41, 5.74) is 2.13. The number of amides is 1. The maximum atomic E-state index is 12.2. The Bertz CT molecular complexity index is 626. The van der Waals surface area contributed by atoms with Crippen LogP contribution in [0.1, 0.15) is 21.7 Å². The number of hydrogen-bond donors (Lipinski definition) is 1. The van der Waals surface area contributed by atoms with Crippen molar-refractivity contribution in [3.8, 4) is 0 Å². The highest BCUT2D eigenvalue weighted by Crippen LogP contribution is 2.19. The highest BCUT2D eigenvalue weighted by molar-refractivity contribution is 14.1. The van der Waals surface area contributed by atoms with E-state index in [2.05, 4.69) is 37.9 Å². The summed E-state index contributed by atoms with van der Waals surface area (Å²) in [7, 11) is 0. The van der Waals surface area contributed by atoms with Gasteiger partial charge in [-0.05, 0) is 60.7 Å². The molecule has 19 heavy (non-hydrogen) atoms. The molecule has 1 aromatic heterocycles. The predicted octanol–water partition coefficient (Wildman–Crippen LogP) is 3.60. The number of benzene rings is 1. The summed E-state index contributed by atoms with van der Waals surface area (Å²) in [5.74, 6) is 0.0372. The molecule has 2 rings (SSSR count). The number of hydrogen-bond acceptors (Lipinski definition) is 3. The van der Waals surface area contributed by atoms with Crippen molar-refractivity contribution in [3.05, 3.63) is 49.8 Å². The van der Waals surface area contributed by atoms with Gasteiger partial charge >= 0.3 is 0 Å². The first-order chi connectivity index (χ1) is 8.95. The molecule has 0 radical (unpaired) electrons. The molecule has 1 amide bonds. The zero-order valence-electron chi connectivity index (χ0n) is 10.4. The smallest absolute Gasteiger partial charge is 0.259 e. The van der Waals surface area contributed by atoms with Crippen molar-refractivity contribution in [1.29, 1.82) is 0 Å². The third kappa shape index (κ3) is 3.63. The van der Waals surface area contributed by atoms with Gasteiger partial charge in [0.05, 0.1) is 5.56 Å². The Kier molecular flexibility index (Phi) is 4.36. The molecule has 0 aliphatic heterocycles. The van der Waals surface area contributed by atoms with Gasteiger partial charge in [-0.3, -0.25) is 10.1 Å². The van der Waals surface area contributed by atoms with Crippen LogP contribution in [0.3, 0.4) is 0 Å². The van der Waals surface area contributed by atoms with E-state index in [1.165, 1.54) is 0 Å². The molecule has 0 saturated heterocycles. The molecule has 6 heteroatoms. The number of aryl methyl sites for hydroxylation is 2. The average molecular weight is 388 g/mol. The number of carbonyl (C=O) groups is 1. The van der Waals surface area contributed by atoms with Crippen LogP contribution in [0.25, 0.3) is 0 Å². The first kappa shape index (κ1) is 14.2. The van der Waals surface area contributed by atoms with Crippen molar-refractivity contribution in [1.82, 2.24) is 9.97 Å². The second kappa shape index (κ2) is 5.83. The normalized spacial score (nSPS) is 10.3. The van der Waals surface area contributed by atoms with Gasteiger partial charge < -0.3 is 0 Å². The molecule has 0 bridgehead atoms. The van der Waals surface area contributed by atoms with Gasteiger partial charge in [0.1, 0.15) is 0 Å². The topological polar surface area (TPSA) is 54.9 Å². The van der Waals surface area contributed by atoms with Crippen LogP contribution in [0, 0.1) is 17.4 Å². The van der Waals surface area contributed by atoms with E-state index >= 15 is 0 Å². The Morgan fingerprint density at radius 2 is 1.84 bits per heavy atom. The van der Waals surface area contributed by atoms with E-state index < -0.39 is 0 Å². The second-order valence-electron chi connectivity index (χ2n) is 4.05. The van der Waals surface area contributed by atoms with Crippen LogP contribution < -0.4 is 5.32 Å². The Balaban J connectivity index is 2.28. The van der Waals surface area contributed by atoms with E-state index in [0.717, 1.165) is 15.0 Å². The van der Waals surface area contributed by atoms with E-state index in [9.17, 15) is 4.79 Å². The number of rotatable bonds is 2. The number of carbonyl (C=O) groups excluding carboxylic acids is 1. The quantitative estimate of drug-likeness (QED) is 0.801. The zero-order chi connectivity index (χ0) is 14.0. The SMILES string of the molecule is Cc1cc(C)nc(NC(=O)c2cc(Cl)ccc2I)n1. The Hall–Kier alpha value is -1.21. The molecular formula is C13H11ClIN3O. The molecule has 98 valence electrons. The minimum atomic E-state index is -0.267. The molecule has 2 aromatic rings. The van der Waals surface area contributed by atoms with Crippen molar-refractivity contribution in [2.24, 2.45) is 0 Å². The summed E-state index contributed by atoms with van der Waals surface area (Å²) in [4.78, 5) is 20.5. The number of nitrogens with one attached hydrogen (secondary N) is 1. The molecule has 1 aromatic carbocycles. The minimum absolute atomic E-state index is 0.267. The first-order valence-corrected chi connectivity index (χ1v) is 7.00. The summed E-state index contributed by atoms with van der Waals surface area (Å²) >= 11 is 7.99. The largest absolute Gasteiger partial charge is 0.290 e. The van der Waals surface area contributed by atoms with Gasteiger partial charge in [-0.2, -0.15) is 0 Å². The van der Waals surface area contributed by atoms with E-state index in [4.69, 9.17) is 11.6 Å². The zero-order valence-corrected chi connectivity index (χ0v) is 13.3. The van der Waals surface area contributed by atoms with E-state index in [1.54, 1.807) is 18.2 Å². The van der Waals surface area contributed by atoms with Crippen LogP contribution in [0.4, 0.5) is 5.95 Å². The average Bonchev–Trinajstić information content (AvgIpc) is 2.30. The van der Waals surface area contributed by atoms with Crippen LogP contribution >= 0.6 is 34.2 Å². The second-order valence-corrected chi connectivity index (χ2v) is 5.65. The first-order valence-electron chi connectivity index (χ1n) is 5.54. The van der Waals surface area contributed by atoms with Crippen molar-refractivity contribution in [2.75, 3.05) is 5.32 Å². The lowest BCUT2D eigenvalue weighted by Crippen LogP contribution is -2.16. The van der Waals surface area contributed by atoms with Gasteiger partial charge in [0, 0.05) is 20.0 Å². The lowest BCUT2D eigenvalue weighted by molar-refractivity contribution is 0.102. The van der Waals surface area contributed by atoms with Crippen molar-refractivity contribution in [3.63, 3.8) is 0 Å². The maximum Gasteiger partial charge on any atom is 0.259 e. The summed E-state index contributed by atoms with van der Waals surface area (Å²) < 4.78 is 0.823. The summed E-state index contributed by atoms with van der Waals surface area (Å²) in [6.07, 6.45) is 0. The molecule has 0 spiro atoms. The van der Waals surface area contributed by atoms with E-state index in [-0.39, 0.29) is 5.91 Å². The molecule has 0 fully saturated rings. The molecule has 0 atom stereocenters. The monoisotopic (exact) mass is 387 g/mol. The minimum Gasteiger partial charge on any atom is -0.290 e. The molecule has 1 heterocycles. The summed E-state index contributed by atoms with van der Waals surface area (Å²) in [6.45, 7) is 3.71. The predicted molar refractivity (Wildman–Crippen MR) is 83.6 cm³/mol. The van der Waals surface area contributed by atoms with Gasteiger partial charge in [0.25, 0.3) is 5.91 Å². The molecule has 0 unspecified atom stereocenters. The number of anilines is 1. The fraction of sp³-hybridized carbons (Fsp3) is 0.154. The lowest BCUT2D eigenvalue weighted by atomic mass is 10.2. The molecule has 0 saturated carbocycles. The van der Waals surface area contributed by atoms with Gasteiger partial charge in [-0.15, -0.1) is 0 Å². The molecule has 1 N–H and O–H groups in total. The summed E-state index contributed by atoms with van der Waals surface area (Å²) in [5, 5.41) is 3.20. The van der Waals surface area contributed by atoms with Gasteiger partial charge in [-0.1, -0.05) is 11.6 Å². The highest BCUT2D eigenvalue weighted by Gasteiger charge is 2.12.